The number of aromatic nitrogens is 4. The second kappa shape index (κ2) is 9.48. The number of benzene rings is 2. The van der Waals surface area contributed by atoms with E-state index in [9.17, 15) is 36.2 Å². The highest BCUT2D eigenvalue weighted by Gasteiger charge is 2.38. The van der Waals surface area contributed by atoms with Gasteiger partial charge in [0, 0.05) is 35.3 Å². The summed E-state index contributed by atoms with van der Waals surface area (Å²) in [4.78, 5) is 19.3. The summed E-state index contributed by atoms with van der Waals surface area (Å²) in [6.45, 7) is 0. The highest BCUT2D eigenvalue weighted by atomic mass is 19.4. The number of hydrogen-bond donors (Lipinski definition) is 1. The van der Waals surface area contributed by atoms with Crippen LogP contribution in [0.15, 0.2) is 67.3 Å². The number of hydrogen-bond acceptors (Lipinski definition) is 4. The van der Waals surface area contributed by atoms with Crippen molar-refractivity contribution in [2.75, 3.05) is 0 Å². The normalized spacial score (nSPS) is 12.6. The molecule has 0 fully saturated rings. The third-order valence-electron chi connectivity index (χ3n) is 5.18. The number of aliphatic carboxylic acids is 1. The molecule has 4 aromatic rings. The largest absolute Gasteiger partial charge is 0.478 e. The van der Waals surface area contributed by atoms with Gasteiger partial charge in [0.05, 0.1) is 16.7 Å². The lowest BCUT2D eigenvalue weighted by atomic mass is 10.00. The lowest BCUT2D eigenvalue weighted by Crippen LogP contribution is -2.09. The molecule has 2 heterocycles. The van der Waals surface area contributed by atoms with E-state index >= 15 is 4.39 Å². The van der Waals surface area contributed by atoms with Gasteiger partial charge in [-0.2, -0.15) is 31.4 Å². The van der Waals surface area contributed by atoms with Gasteiger partial charge in [-0.3, -0.25) is 0 Å². The molecule has 13 heteroatoms. The molecule has 4 rings (SSSR count). The first-order valence-corrected chi connectivity index (χ1v) is 10.2. The zero-order valence-corrected chi connectivity index (χ0v) is 18.2. The fourth-order valence-corrected chi connectivity index (χ4v) is 3.61. The molecule has 0 saturated heterocycles. The van der Waals surface area contributed by atoms with E-state index in [1.165, 1.54) is 6.07 Å². The van der Waals surface area contributed by atoms with Gasteiger partial charge in [0.15, 0.2) is 5.82 Å². The predicted molar refractivity (Wildman–Crippen MR) is 117 cm³/mol. The van der Waals surface area contributed by atoms with Crippen LogP contribution in [0, 0.1) is 5.82 Å². The van der Waals surface area contributed by atoms with Crippen molar-refractivity contribution in [2.24, 2.45) is 0 Å². The second-order valence-electron chi connectivity index (χ2n) is 7.52. The molecular formula is C24H13F7N4O2. The molecule has 37 heavy (non-hydrogen) atoms. The van der Waals surface area contributed by atoms with E-state index in [1.54, 1.807) is 0 Å². The van der Waals surface area contributed by atoms with Gasteiger partial charge < -0.3 is 5.11 Å². The fraction of sp³-hybridized carbons (Fsp3) is 0.0833. The maximum absolute atomic E-state index is 15.8. The smallest absolute Gasteiger partial charge is 0.417 e. The minimum Gasteiger partial charge on any atom is -0.478 e. The minimum atomic E-state index is -4.98. The van der Waals surface area contributed by atoms with Crippen LogP contribution in [0.2, 0.25) is 0 Å². The summed E-state index contributed by atoms with van der Waals surface area (Å²) in [5.41, 5.74) is -6.64. The average molecular weight is 522 g/mol. The first-order valence-electron chi connectivity index (χ1n) is 10.2. The van der Waals surface area contributed by atoms with Crippen molar-refractivity contribution in [3.63, 3.8) is 0 Å². The van der Waals surface area contributed by atoms with E-state index in [0.29, 0.717) is 23.0 Å². The van der Waals surface area contributed by atoms with Crippen molar-refractivity contribution < 1.29 is 40.6 Å². The Morgan fingerprint density at radius 3 is 1.89 bits per heavy atom. The Balaban J connectivity index is 2.09. The Morgan fingerprint density at radius 1 is 0.838 bits per heavy atom. The molecule has 190 valence electrons. The van der Waals surface area contributed by atoms with Crippen molar-refractivity contribution >= 4 is 17.7 Å². The maximum Gasteiger partial charge on any atom is 0.417 e. The van der Waals surface area contributed by atoms with Crippen molar-refractivity contribution in [2.45, 2.75) is 12.4 Å². The Hall–Kier alpha value is -4.55. The van der Waals surface area contributed by atoms with Crippen LogP contribution in [0.1, 0.15) is 16.7 Å². The number of nitrogens with zero attached hydrogens (tertiary/aromatic N) is 4. The third-order valence-corrected chi connectivity index (χ3v) is 5.18. The van der Waals surface area contributed by atoms with E-state index in [0.717, 1.165) is 49.1 Å². The van der Waals surface area contributed by atoms with Crippen LogP contribution in [0.5, 0.6) is 0 Å². The summed E-state index contributed by atoms with van der Waals surface area (Å²) < 4.78 is 98.6. The molecule has 1 N–H and O–H groups in total. The zero-order valence-electron chi connectivity index (χ0n) is 18.2. The van der Waals surface area contributed by atoms with E-state index in [1.807, 2.05) is 0 Å². The molecule has 2 aromatic carbocycles. The molecule has 0 amide bonds. The van der Waals surface area contributed by atoms with Gasteiger partial charge in [-0.15, -0.1) is 0 Å². The highest BCUT2D eigenvalue weighted by Crippen LogP contribution is 2.42. The van der Waals surface area contributed by atoms with Crippen LogP contribution in [0.3, 0.4) is 0 Å². The topological polar surface area (TPSA) is 80.9 Å². The monoisotopic (exact) mass is 522 g/mol. The Bertz CT molecular complexity index is 1490. The summed E-state index contributed by atoms with van der Waals surface area (Å²) in [6, 6.07) is 7.57. The van der Waals surface area contributed by atoms with Gasteiger partial charge in [0.2, 0.25) is 0 Å². The van der Waals surface area contributed by atoms with Crippen LogP contribution < -0.4 is 0 Å². The third kappa shape index (κ3) is 5.06. The molecule has 0 aliphatic heterocycles. The van der Waals surface area contributed by atoms with Crippen LogP contribution >= 0.6 is 0 Å². The van der Waals surface area contributed by atoms with Gasteiger partial charge in [-0.05, 0) is 12.1 Å². The van der Waals surface area contributed by atoms with E-state index < -0.39 is 63.4 Å². The van der Waals surface area contributed by atoms with Gasteiger partial charge in [-0.25, -0.2) is 23.8 Å². The molecule has 0 aliphatic carbocycles. The Kier molecular flexibility index (Phi) is 6.55. The molecule has 0 atom stereocenters. The SMILES string of the molecule is O=C(O)/C(=C/n1nc(-c2ccccc2C(F)(F)F)c(F)c1-c1ccccc1C(F)(F)F)c1cncnc1. The molecule has 0 bridgehead atoms. The molecule has 0 aliphatic rings. The van der Waals surface area contributed by atoms with Crippen molar-refractivity contribution in [1.82, 2.24) is 19.7 Å². The van der Waals surface area contributed by atoms with E-state index in [-0.39, 0.29) is 5.56 Å². The molecule has 0 saturated carbocycles. The molecule has 0 radical (unpaired) electrons. The number of rotatable bonds is 5. The van der Waals surface area contributed by atoms with E-state index in [4.69, 9.17) is 0 Å². The van der Waals surface area contributed by atoms with Gasteiger partial charge in [0.1, 0.15) is 17.7 Å². The summed E-state index contributed by atoms with van der Waals surface area (Å²) >= 11 is 0. The maximum atomic E-state index is 15.8. The lowest BCUT2D eigenvalue weighted by Gasteiger charge is -2.13. The quantitative estimate of drug-likeness (QED) is 0.247. The van der Waals surface area contributed by atoms with Crippen molar-refractivity contribution in [3.05, 3.63) is 89.8 Å². The van der Waals surface area contributed by atoms with Crippen LogP contribution in [0.4, 0.5) is 30.7 Å². The number of carbonyl (C=O) groups is 1. The average Bonchev–Trinajstić information content (AvgIpc) is 3.17. The Labute approximate surface area is 203 Å². The fourth-order valence-electron chi connectivity index (χ4n) is 3.61. The van der Waals surface area contributed by atoms with Crippen LogP contribution in [-0.4, -0.2) is 30.8 Å². The first kappa shape index (κ1) is 25.5. The Morgan fingerprint density at radius 2 is 1.35 bits per heavy atom. The summed E-state index contributed by atoms with van der Waals surface area (Å²) in [6.07, 6.45) is -5.98. The summed E-state index contributed by atoms with van der Waals surface area (Å²) in [5.74, 6) is -3.11. The highest BCUT2D eigenvalue weighted by molar-refractivity contribution is 6.19. The lowest BCUT2D eigenvalue weighted by molar-refractivity contribution is -0.137. The molecule has 2 aromatic heterocycles. The predicted octanol–water partition coefficient (Wildman–Crippen LogP) is 6.27. The van der Waals surface area contributed by atoms with Gasteiger partial charge in [0.25, 0.3) is 0 Å². The number of carboxylic acid groups (broad SMARTS) is 1. The van der Waals surface area contributed by atoms with E-state index in [2.05, 4.69) is 15.1 Å². The first-order chi connectivity index (χ1) is 17.4. The molecular weight excluding hydrogens is 509 g/mol. The zero-order chi connectivity index (χ0) is 27.0. The molecule has 0 spiro atoms. The number of alkyl halides is 6. The molecule has 0 unspecified atom stereocenters. The van der Waals surface area contributed by atoms with Crippen LogP contribution in [0.25, 0.3) is 34.3 Å². The van der Waals surface area contributed by atoms with Crippen molar-refractivity contribution in [3.8, 4) is 22.5 Å². The second-order valence-corrected chi connectivity index (χ2v) is 7.52. The molecule has 6 nitrogen and oxygen atoms in total. The van der Waals surface area contributed by atoms with Crippen molar-refractivity contribution in [1.29, 1.82) is 0 Å². The van der Waals surface area contributed by atoms with Crippen LogP contribution in [-0.2, 0) is 17.1 Å². The standard InChI is InChI=1S/C24H13F7N4O2/c25-19-20(14-5-1-3-7-17(14)23(26,27)28)34-35(11-16(22(36)37)13-9-32-12-33-10-13)21(19)15-6-2-4-8-18(15)24(29,30)31/h1-12H,(H,36,37)/b16-11+. The number of halogens is 7. The number of carboxylic acids is 1. The summed E-state index contributed by atoms with van der Waals surface area (Å²) in [5, 5.41) is 13.5. The van der Waals surface area contributed by atoms with Gasteiger partial charge >= 0.3 is 18.3 Å². The minimum absolute atomic E-state index is 0.113. The summed E-state index contributed by atoms with van der Waals surface area (Å²) in [7, 11) is 0. The van der Waals surface area contributed by atoms with Gasteiger partial charge in [-0.1, -0.05) is 36.4 Å².